The maximum atomic E-state index is 13.4. The predicted octanol–water partition coefficient (Wildman–Crippen LogP) is 4.11. The molecule has 0 unspecified atom stereocenters. The fraction of sp³-hybridized carbons (Fsp3) is 0.222. The number of hydrogen-bond donors (Lipinski definition) is 1. The molecule has 0 saturated carbocycles. The Kier molecular flexibility index (Phi) is 5.37. The molecule has 0 bridgehead atoms. The van der Waals surface area contributed by atoms with E-state index in [0.717, 1.165) is 22.5 Å². The van der Waals surface area contributed by atoms with Gasteiger partial charge in [-0.3, -0.25) is 9.20 Å². The number of aromatic nitrogens is 2. The van der Waals surface area contributed by atoms with Crippen LogP contribution in [0, 0.1) is 12.8 Å². The topological polar surface area (TPSA) is 96.1 Å². The van der Waals surface area contributed by atoms with E-state index in [1.54, 1.807) is 18.2 Å². The van der Waals surface area contributed by atoms with Crippen LogP contribution in [0.15, 0.2) is 82.2 Å². The quantitative estimate of drug-likeness (QED) is 0.458. The van der Waals surface area contributed by atoms with Crippen molar-refractivity contribution in [3.8, 4) is 11.3 Å². The first kappa shape index (κ1) is 22.5. The minimum atomic E-state index is -3.67. The monoisotopic (exact) mass is 499 g/mol. The van der Waals surface area contributed by atoms with E-state index in [2.05, 4.69) is 9.71 Å². The molecule has 4 heterocycles. The maximum absolute atomic E-state index is 13.4. The van der Waals surface area contributed by atoms with Crippen LogP contribution in [-0.4, -0.2) is 47.5 Å². The van der Waals surface area contributed by atoms with E-state index >= 15 is 0 Å². The number of nitrogens with zero attached hydrogens (tertiary/aromatic N) is 4. The van der Waals surface area contributed by atoms with Crippen molar-refractivity contribution in [3.05, 3.63) is 84.1 Å². The zero-order valence-corrected chi connectivity index (χ0v) is 20.6. The average Bonchev–Trinajstić information content (AvgIpc) is 3.39. The number of likely N-dealkylation sites (tertiary alicyclic amines) is 1. The first-order chi connectivity index (χ1) is 17.4. The summed E-state index contributed by atoms with van der Waals surface area (Å²) in [5.41, 5.74) is 4.13. The minimum Gasteiger partial charge on any atom is -0.355 e. The fourth-order valence-corrected chi connectivity index (χ4v) is 6.18. The van der Waals surface area contributed by atoms with Gasteiger partial charge in [0, 0.05) is 36.3 Å². The summed E-state index contributed by atoms with van der Waals surface area (Å²) in [6.07, 6.45) is 3.18. The normalized spacial score (nSPS) is 17.1. The largest absolute Gasteiger partial charge is 0.355 e. The standard InChI is InChI=1S/C27H25N5O3S/c1-18-11-12-23-28-24(19-7-3-2-4-8-19)26(32(23)17-18)29-27(33)20-13-15-31(16-14-20)25-21-9-5-6-10-22(21)36(34,35)30-25/h2-12,17,20H,13-16H2,1H3,(H,29,33). The van der Waals surface area contributed by atoms with Crippen LogP contribution in [0.4, 0.5) is 5.82 Å². The summed E-state index contributed by atoms with van der Waals surface area (Å²) in [6.45, 7) is 3.12. The first-order valence-electron chi connectivity index (χ1n) is 11.9. The molecule has 1 saturated heterocycles. The number of amidine groups is 1. The minimum absolute atomic E-state index is 0.0588. The van der Waals surface area contributed by atoms with Crippen LogP contribution in [0.2, 0.25) is 0 Å². The van der Waals surface area contributed by atoms with Crippen molar-refractivity contribution in [2.24, 2.45) is 10.3 Å². The number of fused-ring (bicyclic) bond motifs is 2. The molecule has 9 heteroatoms. The highest BCUT2D eigenvalue weighted by atomic mass is 32.2. The Morgan fingerprint density at radius 2 is 1.69 bits per heavy atom. The van der Waals surface area contributed by atoms with Gasteiger partial charge in [0.1, 0.15) is 22.1 Å². The van der Waals surface area contributed by atoms with E-state index in [0.29, 0.717) is 43.1 Å². The molecule has 0 aliphatic carbocycles. The second-order valence-electron chi connectivity index (χ2n) is 9.25. The molecule has 2 aliphatic rings. The molecule has 0 spiro atoms. The lowest BCUT2D eigenvalue weighted by molar-refractivity contribution is -0.121. The summed E-state index contributed by atoms with van der Waals surface area (Å²) in [7, 11) is -3.67. The van der Waals surface area contributed by atoms with Crippen LogP contribution in [0.25, 0.3) is 16.9 Å². The highest BCUT2D eigenvalue weighted by Crippen LogP contribution is 2.32. The van der Waals surface area contributed by atoms with E-state index in [1.807, 2.05) is 71.0 Å². The number of carbonyl (C=O) groups excluding carboxylic acids is 1. The van der Waals surface area contributed by atoms with Crippen molar-refractivity contribution in [2.75, 3.05) is 18.4 Å². The van der Waals surface area contributed by atoms with Gasteiger partial charge in [-0.2, -0.15) is 8.42 Å². The van der Waals surface area contributed by atoms with Crippen LogP contribution in [-0.2, 0) is 14.8 Å². The van der Waals surface area contributed by atoms with Crippen LogP contribution >= 0.6 is 0 Å². The molecule has 2 aromatic carbocycles. The molecule has 2 aromatic heterocycles. The van der Waals surface area contributed by atoms with Crippen LogP contribution in [0.3, 0.4) is 0 Å². The predicted molar refractivity (Wildman–Crippen MR) is 138 cm³/mol. The molecule has 2 aliphatic heterocycles. The van der Waals surface area contributed by atoms with Gasteiger partial charge in [0.25, 0.3) is 10.0 Å². The summed E-state index contributed by atoms with van der Waals surface area (Å²) in [6, 6.07) is 20.7. The van der Waals surface area contributed by atoms with E-state index < -0.39 is 10.0 Å². The fourth-order valence-electron chi connectivity index (χ4n) is 4.96. The number of carbonyl (C=O) groups is 1. The SMILES string of the molecule is Cc1ccc2nc(-c3ccccc3)c(NC(=O)C3CCN(C4=NS(=O)(=O)c5ccccc54)CC3)n2c1. The van der Waals surface area contributed by atoms with Gasteiger partial charge in [0.15, 0.2) is 5.84 Å². The summed E-state index contributed by atoms with van der Waals surface area (Å²) in [5.74, 6) is 0.881. The Morgan fingerprint density at radius 3 is 2.47 bits per heavy atom. The molecule has 1 amide bonds. The smallest absolute Gasteiger partial charge is 0.285 e. The molecular formula is C27H25N5O3S. The maximum Gasteiger partial charge on any atom is 0.285 e. The third-order valence-electron chi connectivity index (χ3n) is 6.83. The lowest BCUT2D eigenvalue weighted by Gasteiger charge is -2.32. The summed E-state index contributed by atoms with van der Waals surface area (Å²) < 4.78 is 30.9. The van der Waals surface area contributed by atoms with E-state index in [-0.39, 0.29) is 16.7 Å². The number of benzene rings is 2. The molecule has 4 aromatic rings. The van der Waals surface area contributed by atoms with Gasteiger partial charge in [0.05, 0.1) is 0 Å². The second kappa shape index (κ2) is 8.60. The number of piperidine rings is 1. The van der Waals surface area contributed by atoms with Crippen molar-refractivity contribution < 1.29 is 13.2 Å². The van der Waals surface area contributed by atoms with E-state index in [9.17, 15) is 13.2 Å². The Labute approximate surface area is 209 Å². The Bertz CT molecular complexity index is 1620. The molecule has 8 nitrogen and oxygen atoms in total. The molecule has 0 atom stereocenters. The number of sulfonamides is 1. The van der Waals surface area contributed by atoms with Gasteiger partial charge >= 0.3 is 0 Å². The summed E-state index contributed by atoms with van der Waals surface area (Å²) >= 11 is 0. The zero-order chi connectivity index (χ0) is 24.9. The Hall–Kier alpha value is -3.98. The van der Waals surface area contributed by atoms with Crippen LogP contribution < -0.4 is 5.32 Å². The zero-order valence-electron chi connectivity index (χ0n) is 19.8. The third kappa shape index (κ3) is 3.85. The number of aryl methyl sites for hydroxylation is 1. The molecule has 182 valence electrons. The number of amides is 1. The Morgan fingerprint density at radius 1 is 0.972 bits per heavy atom. The molecule has 0 radical (unpaired) electrons. The lowest BCUT2D eigenvalue weighted by Crippen LogP contribution is -2.41. The number of imidazole rings is 1. The molecule has 36 heavy (non-hydrogen) atoms. The van der Waals surface area contributed by atoms with Gasteiger partial charge in [-0.05, 0) is 43.5 Å². The van der Waals surface area contributed by atoms with Crippen LogP contribution in [0.1, 0.15) is 24.0 Å². The van der Waals surface area contributed by atoms with Crippen molar-refractivity contribution in [2.45, 2.75) is 24.7 Å². The number of anilines is 1. The molecular weight excluding hydrogens is 474 g/mol. The molecule has 6 rings (SSSR count). The number of pyridine rings is 1. The Balaban J connectivity index is 1.23. The average molecular weight is 500 g/mol. The van der Waals surface area contributed by atoms with Gasteiger partial charge < -0.3 is 10.2 Å². The first-order valence-corrected chi connectivity index (χ1v) is 13.4. The van der Waals surface area contributed by atoms with Crippen molar-refractivity contribution in [1.29, 1.82) is 0 Å². The second-order valence-corrected chi connectivity index (χ2v) is 10.8. The van der Waals surface area contributed by atoms with Gasteiger partial charge in [0.2, 0.25) is 5.91 Å². The number of nitrogens with one attached hydrogen (secondary N) is 1. The van der Waals surface area contributed by atoms with Gasteiger partial charge in [-0.15, -0.1) is 4.40 Å². The summed E-state index contributed by atoms with van der Waals surface area (Å²) in [4.78, 5) is 20.4. The highest BCUT2D eigenvalue weighted by molar-refractivity contribution is 7.90. The van der Waals surface area contributed by atoms with Crippen molar-refractivity contribution >= 4 is 33.2 Å². The van der Waals surface area contributed by atoms with E-state index in [4.69, 9.17) is 4.98 Å². The molecule has 1 fully saturated rings. The number of rotatable bonds is 3. The third-order valence-corrected chi connectivity index (χ3v) is 8.16. The lowest BCUT2D eigenvalue weighted by atomic mass is 9.95. The summed E-state index contributed by atoms with van der Waals surface area (Å²) in [5, 5.41) is 3.16. The number of hydrogen-bond acceptors (Lipinski definition) is 5. The van der Waals surface area contributed by atoms with E-state index in [1.165, 1.54) is 0 Å². The van der Waals surface area contributed by atoms with Crippen molar-refractivity contribution in [3.63, 3.8) is 0 Å². The van der Waals surface area contributed by atoms with Gasteiger partial charge in [-0.25, -0.2) is 4.98 Å². The van der Waals surface area contributed by atoms with Crippen LogP contribution in [0.5, 0.6) is 0 Å². The molecule has 1 N–H and O–H groups in total. The highest BCUT2D eigenvalue weighted by Gasteiger charge is 2.34. The van der Waals surface area contributed by atoms with Gasteiger partial charge in [-0.1, -0.05) is 48.5 Å². The van der Waals surface area contributed by atoms with Crippen molar-refractivity contribution in [1.82, 2.24) is 14.3 Å².